The van der Waals surface area contributed by atoms with E-state index in [2.05, 4.69) is 55.7 Å². The Morgan fingerprint density at radius 2 is 1.95 bits per heavy atom. The van der Waals surface area contributed by atoms with Crippen LogP contribution in [0.15, 0.2) is 10.8 Å². The molecule has 0 saturated carbocycles. The molecule has 0 unspecified atom stereocenters. The Morgan fingerprint density at radius 1 is 1.30 bits per heavy atom. The van der Waals surface area contributed by atoms with Crippen molar-refractivity contribution in [3.05, 3.63) is 10.8 Å². The van der Waals surface area contributed by atoms with Gasteiger partial charge in [0.05, 0.1) is 0 Å². The Balaban J connectivity index is 2.42. The highest BCUT2D eigenvalue weighted by Gasteiger charge is 2.08. The van der Waals surface area contributed by atoms with Crippen molar-refractivity contribution >= 4 is 33.5 Å². The summed E-state index contributed by atoms with van der Waals surface area (Å²) in [4.78, 5) is 19.9. The van der Waals surface area contributed by atoms with Crippen molar-refractivity contribution < 1.29 is 4.79 Å². The van der Waals surface area contributed by atoms with E-state index < -0.39 is 0 Å². The highest BCUT2D eigenvalue weighted by atomic mass is 79.9. The maximum absolute atomic E-state index is 11.6. The number of hydrogen-bond donors (Lipinski definition) is 3. The maximum Gasteiger partial charge on any atom is 0.221 e. The average Bonchev–Trinajstić information content (AvgIpc) is 2.41. The molecule has 0 aliphatic rings. The predicted octanol–water partition coefficient (Wildman–Crippen LogP) is 2.25. The Kier molecular flexibility index (Phi) is 7.28. The lowest BCUT2D eigenvalue weighted by Crippen LogP contribution is -2.28. The second-order valence-corrected chi connectivity index (χ2v) is 5.58. The van der Waals surface area contributed by atoms with Crippen LogP contribution in [0.3, 0.4) is 0 Å². The van der Waals surface area contributed by atoms with Crippen LogP contribution in [0.4, 0.5) is 11.6 Å². The van der Waals surface area contributed by atoms with Crippen LogP contribution in [-0.2, 0) is 4.79 Å². The minimum absolute atomic E-state index is 0.0447. The number of nitrogens with one attached hydrogen (secondary N) is 3. The van der Waals surface area contributed by atoms with E-state index in [1.54, 1.807) is 0 Å². The van der Waals surface area contributed by atoms with Gasteiger partial charge in [0, 0.05) is 26.1 Å². The number of carbonyl (C=O) groups excluding carboxylic acids is 1. The molecule has 0 aliphatic carbocycles. The topological polar surface area (TPSA) is 78.9 Å². The lowest BCUT2D eigenvalue weighted by atomic mass is 10.2. The molecule has 1 amide bonds. The highest BCUT2D eigenvalue weighted by molar-refractivity contribution is 9.10. The summed E-state index contributed by atoms with van der Waals surface area (Å²) in [5.74, 6) is 1.94. The normalized spacial score (nSPS) is 10.4. The predicted molar refractivity (Wildman–Crippen MR) is 84.9 cm³/mol. The number of amides is 1. The lowest BCUT2D eigenvalue weighted by Gasteiger charge is -2.11. The molecule has 1 heterocycles. The quantitative estimate of drug-likeness (QED) is 0.674. The van der Waals surface area contributed by atoms with Crippen molar-refractivity contribution in [3.8, 4) is 0 Å². The molecule has 112 valence electrons. The van der Waals surface area contributed by atoms with Gasteiger partial charge in [-0.05, 0) is 28.8 Å². The van der Waals surface area contributed by atoms with Gasteiger partial charge in [0.2, 0.25) is 5.91 Å². The summed E-state index contributed by atoms with van der Waals surface area (Å²) in [5, 5.41) is 9.14. The monoisotopic (exact) mass is 343 g/mol. The molecular weight excluding hydrogens is 322 g/mol. The SMILES string of the molecule is CCNc1ncnc(NCCC(=O)NCC(C)C)c1Br. The van der Waals surface area contributed by atoms with E-state index in [-0.39, 0.29) is 5.91 Å². The third-order valence-corrected chi connectivity index (χ3v) is 3.24. The summed E-state index contributed by atoms with van der Waals surface area (Å²) < 4.78 is 0.782. The zero-order valence-electron chi connectivity index (χ0n) is 12.2. The molecule has 0 radical (unpaired) electrons. The number of carbonyl (C=O) groups is 1. The van der Waals surface area contributed by atoms with Gasteiger partial charge in [-0.15, -0.1) is 0 Å². The Hall–Kier alpha value is -1.37. The highest BCUT2D eigenvalue weighted by Crippen LogP contribution is 2.26. The van der Waals surface area contributed by atoms with Gasteiger partial charge in [0.1, 0.15) is 22.4 Å². The Labute approximate surface area is 128 Å². The molecule has 1 aromatic heterocycles. The van der Waals surface area contributed by atoms with Crippen molar-refractivity contribution in [1.82, 2.24) is 15.3 Å². The molecule has 0 atom stereocenters. The van der Waals surface area contributed by atoms with Crippen molar-refractivity contribution in [2.45, 2.75) is 27.2 Å². The number of halogens is 1. The van der Waals surface area contributed by atoms with Crippen LogP contribution in [0.2, 0.25) is 0 Å². The number of hydrogen-bond acceptors (Lipinski definition) is 5. The number of nitrogens with zero attached hydrogens (tertiary/aromatic N) is 2. The Morgan fingerprint density at radius 3 is 2.55 bits per heavy atom. The third-order valence-electron chi connectivity index (χ3n) is 2.49. The van der Waals surface area contributed by atoms with E-state index in [9.17, 15) is 4.79 Å². The summed E-state index contributed by atoms with van der Waals surface area (Å²) in [7, 11) is 0. The lowest BCUT2D eigenvalue weighted by molar-refractivity contribution is -0.120. The second-order valence-electron chi connectivity index (χ2n) is 4.79. The fraction of sp³-hybridized carbons (Fsp3) is 0.615. The number of anilines is 2. The van der Waals surface area contributed by atoms with Gasteiger partial charge in [-0.3, -0.25) is 4.79 Å². The van der Waals surface area contributed by atoms with E-state index >= 15 is 0 Å². The van der Waals surface area contributed by atoms with E-state index in [4.69, 9.17) is 0 Å². The maximum atomic E-state index is 11.6. The fourth-order valence-corrected chi connectivity index (χ4v) is 1.97. The second kappa shape index (κ2) is 8.73. The van der Waals surface area contributed by atoms with Crippen LogP contribution in [0.5, 0.6) is 0 Å². The van der Waals surface area contributed by atoms with Gasteiger partial charge in [-0.1, -0.05) is 13.8 Å². The number of rotatable bonds is 8. The van der Waals surface area contributed by atoms with Crippen LogP contribution < -0.4 is 16.0 Å². The van der Waals surface area contributed by atoms with Crippen LogP contribution >= 0.6 is 15.9 Å². The molecule has 0 aliphatic heterocycles. The molecule has 0 aromatic carbocycles. The first-order valence-corrected chi connectivity index (χ1v) is 7.58. The van der Waals surface area contributed by atoms with E-state index in [1.165, 1.54) is 6.33 Å². The molecule has 1 aromatic rings. The summed E-state index contributed by atoms with van der Waals surface area (Å²) in [6.45, 7) is 8.16. The molecule has 1 rings (SSSR count). The fourth-order valence-electron chi connectivity index (χ4n) is 1.48. The molecule has 20 heavy (non-hydrogen) atoms. The van der Waals surface area contributed by atoms with Gasteiger partial charge < -0.3 is 16.0 Å². The first kappa shape index (κ1) is 16.7. The molecule has 3 N–H and O–H groups in total. The van der Waals surface area contributed by atoms with E-state index in [0.29, 0.717) is 31.2 Å². The van der Waals surface area contributed by atoms with Crippen molar-refractivity contribution in [1.29, 1.82) is 0 Å². The van der Waals surface area contributed by atoms with Gasteiger partial charge in [0.15, 0.2) is 0 Å². The van der Waals surface area contributed by atoms with E-state index in [1.807, 2.05) is 6.92 Å². The minimum Gasteiger partial charge on any atom is -0.369 e. The van der Waals surface area contributed by atoms with Crippen LogP contribution in [0.1, 0.15) is 27.2 Å². The average molecular weight is 344 g/mol. The van der Waals surface area contributed by atoms with Crippen molar-refractivity contribution in [2.75, 3.05) is 30.3 Å². The summed E-state index contributed by atoms with van der Waals surface area (Å²) in [5.41, 5.74) is 0. The van der Waals surface area contributed by atoms with Crippen molar-refractivity contribution in [2.24, 2.45) is 5.92 Å². The zero-order valence-corrected chi connectivity index (χ0v) is 13.7. The van der Waals surface area contributed by atoms with Crippen LogP contribution in [-0.4, -0.2) is 35.5 Å². The summed E-state index contributed by atoms with van der Waals surface area (Å²) in [6, 6.07) is 0. The van der Waals surface area contributed by atoms with Gasteiger partial charge in [-0.2, -0.15) is 0 Å². The number of aromatic nitrogens is 2. The smallest absolute Gasteiger partial charge is 0.221 e. The van der Waals surface area contributed by atoms with E-state index in [0.717, 1.165) is 16.8 Å². The summed E-state index contributed by atoms with van der Waals surface area (Å²) >= 11 is 3.45. The van der Waals surface area contributed by atoms with Gasteiger partial charge >= 0.3 is 0 Å². The largest absolute Gasteiger partial charge is 0.369 e. The molecule has 0 saturated heterocycles. The molecule has 0 fully saturated rings. The third kappa shape index (κ3) is 5.73. The van der Waals surface area contributed by atoms with Gasteiger partial charge in [-0.25, -0.2) is 9.97 Å². The molecule has 0 bridgehead atoms. The standard InChI is InChI=1S/C13H22BrN5O/c1-4-15-12-11(14)13(19-8-18-12)16-6-5-10(20)17-7-9(2)3/h8-9H,4-7H2,1-3H3,(H,17,20)(H2,15,16,18,19). The first-order chi connectivity index (χ1) is 9.54. The summed E-state index contributed by atoms with van der Waals surface area (Å²) in [6.07, 6.45) is 1.91. The van der Waals surface area contributed by atoms with Gasteiger partial charge in [0.25, 0.3) is 0 Å². The Bertz CT molecular complexity index is 439. The first-order valence-electron chi connectivity index (χ1n) is 6.79. The molecule has 7 heteroatoms. The molecular formula is C13H22BrN5O. The van der Waals surface area contributed by atoms with Crippen LogP contribution in [0.25, 0.3) is 0 Å². The minimum atomic E-state index is 0.0447. The van der Waals surface area contributed by atoms with Crippen molar-refractivity contribution in [3.63, 3.8) is 0 Å². The molecule has 0 spiro atoms. The molecule has 6 nitrogen and oxygen atoms in total. The van der Waals surface area contributed by atoms with Crippen LogP contribution in [0, 0.1) is 5.92 Å². The zero-order chi connectivity index (χ0) is 15.0.